The van der Waals surface area contributed by atoms with E-state index in [1.165, 1.54) is 5.57 Å². The summed E-state index contributed by atoms with van der Waals surface area (Å²) in [5.74, 6) is -0.764. The van der Waals surface area contributed by atoms with Crippen molar-refractivity contribution in [2.24, 2.45) is 44.3 Å². The van der Waals surface area contributed by atoms with Gasteiger partial charge in [-0.3, -0.25) is 13.9 Å². The number of rotatable bonds is 8. The Balaban J connectivity index is 1.37. The van der Waals surface area contributed by atoms with E-state index in [-0.39, 0.29) is 34.5 Å². The number of aliphatic hydroxyl groups excluding tert-OH is 4. The molecule has 1 aliphatic heterocycles. The first-order chi connectivity index (χ1) is 24.3. The largest absolute Gasteiger partial charge is 0.432 e. The standard InChI is InChI=1S/C36H58O15S2/c1-31(2)13-15-36(30(41)50-29-28(40)27(39)26(38)22(18-37)49-29)16-14-34(5)20(21(36)17-31)7-8-24-32(3)11-10-25(51-53(45,46)47)33(4,19-48-52(42,43)44)23(32)9-12-35(24,34)6/h22-29,37-40H,7-19H2,1-6H3,(H,42,43,44)(H,45,46,47). The minimum atomic E-state index is -4.89. The second-order valence-corrected chi connectivity index (χ2v) is 20.8. The first kappa shape index (κ1) is 41.4. The van der Waals surface area contributed by atoms with Gasteiger partial charge >= 0.3 is 26.8 Å². The minimum Gasteiger partial charge on any atom is -0.432 e. The van der Waals surface area contributed by atoms with E-state index in [4.69, 9.17) is 17.8 Å². The molecule has 0 bridgehead atoms. The Morgan fingerprint density at radius 1 is 0.792 bits per heavy atom. The molecule has 0 aromatic carbocycles. The normalized spacial score (nSPS) is 47.1. The van der Waals surface area contributed by atoms with Gasteiger partial charge in [-0.15, -0.1) is 0 Å². The van der Waals surface area contributed by atoms with Gasteiger partial charge in [0.25, 0.3) is 0 Å². The summed E-state index contributed by atoms with van der Waals surface area (Å²) in [6.45, 7) is 11.7. The van der Waals surface area contributed by atoms with Crippen molar-refractivity contribution in [2.45, 2.75) is 149 Å². The molecule has 4 saturated carbocycles. The number of hydrogen-bond donors (Lipinski definition) is 6. The van der Waals surface area contributed by atoms with Gasteiger partial charge in [0.05, 0.1) is 24.7 Å². The first-order valence-corrected chi connectivity index (χ1v) is 21.5. The van der Waals surface area contributed by atoms with Gasteiger partial charge in [-0.2, -0.15) is 16.8 Å². The van der Waals surface area contributed by atoms with Crippen LogP contribution in [0.25, 0.3) is 0 Å². The molecule has 6 rings (SSSR count). The van der Waals surface area contributed by atoms with Crippen LogP contribution in [0.1, 0.15) is 112 Å². The molecule has 5 aliphatic carbocycles. The fourth-order valence-electron chi connectivity index (χ4n) is 12.5. The molecule has 17 heteroatoms. The van der Waals surface area contributed by atoms with Crippen LogP contribution in [0.3, 0.4) is 0 Å². The maximum atomic E-state index is 14.5. The molecule has 0 aromatic rings. The molecule has 0 spiro atoms. The molecular weight excluding hydrogens is 737 g/mol. The van der Waals surface area contributed by atoms with E-state index in [1.54, 1.807) is 6.92 Å². The van der Waals surface area contributed by atoms with Gasteiger partial charge in [-0.1, -0.05) is 52.7 Å². The zero-order valence-corrected chi connectivity index (χ0v) is 33.1. The molecule has 53 heavy (non-hydrogen) atoms. The van der Waals surface area contributed by atoms with Gasteiger partial charge in [0.15, 0.2) is 0 Å². The number of carbonyl (C=O) groups excluding carboxylic acids is 1. The molecule has 6 aliphatic rings. The van der Waals surface area contributed by atoms with Gasteiger partial charge in [-0.05, 0) is 104 Å². The summed E-state index contributed by atoms with van der Waals surface area (Å²) in [4.78, 5) is 14.5. The van der Waals surface area contributed by atoms with Crippen LogP contribution >= 0.6 is 0 Å². The van der Waals surface area contributed by atoms with Crippen LogP contribution in [0.4, 0.5) is 0 Å². The van der Waals surface area contributed by atoms with Crippen molar-refractivity contribution in [3.05, 3.63) is 11.1 Å². The maximum Gasteiger partial charge on any atom is 0.397 e. The molecule has 1 saturated heterocycles. The van der Waals surface area contributed by atoms with Crippen molar-refractivity contribution in [3.8, 4) is 0 Å². The lowest BCUT2D eigenvalue weighted by Crippen LogP contribution is -2.66. The number of carbonyl (C=O) groups is 1. The quantitative estimate of drug-likeness (QED) is 0.117. The molecule has 15 nitrogen and oxygen atoms in total. The fraction of sp³-hybridized carbons (Fsp3) is 0.917. The molecule has 1 heterocycles. The Morgan fingerprint density at radius 2 is 1.45 bits per heavy atom. The Morgan fingerprint density at radius 3 is 2.08 bits per heavy atom. The Labute approximate surface area is 312 Å². The predicted octanol–water partition coefficient (Wildman–Crippen LogP) is 3.26. The van der Waals surface area contributed by atoms with E-state index in [0.717, 1.165) is 18.4 Å². The molecule has 0 radical (unpaired) electrons. The highest BCUT2D eigenvalue weighted by Gasteiger charge is 2.69. The number of fused-ring (bicyclic) bond motifs is 6. The van der Waals surface area contributed by atoms with Crippen LogP contribution in [0.5, 0.6) is 0 Å². The lowest BCUT2D eigenvalue weighted by molar-refractivity contribution is -0.295. The summed E-state index contributed by atoms with van der Waals surface area (Å²) in [5, 5.41) is 41.1. The third-order valence-corrected chi connectivity index (χ3v) is 16.4. The smallest absolute Gasteiger partial charge is 0.397 e. The molecule has 0 aromatic heterocycles. The van der Waals surface area contributed by atoms with Crippen LogP contribution in [0, 0.1) is 44.3 Å². The Hall–Kier alpha value is -1.25. The summed E-state index contributed by atoms with van der Waals surface area (Å²) >= 11 is 0. The minimum absolute atomic E-state index is 0.0880. The number of ether oxygens (including phenoxy) is 2. The highest BCUT2D eigenvalue weighted by Crippen LogP contribution is 2.76. The van der Waals surface area contributed by atoms with E-state index in [2.05, 4.69) is 34.6 Å². The molecule has 5 fully saturated rings. The zero-order chi connectivity index (χ0) is 39.4. The number of allylic oxidation sites excluding steroid dienone is 1. The van der Waals surface area contributed by atoms with Crippen molar-refractivity contribution >= 4 is 26.8 Å². The summed E-state index contributed by atoms with van der Waals surface area (Å²) in [6, 6.07) is 0. The van der Waals surface area contributed by atoms with E-state index < -0.39 is 93.0 Å². The van der Waals surface area contributed by atoms with E-state index in [0.29, 0.717) is 51.4 Å². The van der Waals surface area contributed by atoms with Crippen LogP contribution < -0.4 is 0 Å². The third kappa shape index (κ3) is 6.74. The molecule has 13 atom stereocenters. The summed E-state index contributed by atoms with van der Waals surface area (Å²) < 4.78 is 88.3. The fourth-order valence-corrected chi connectivity index (χ4v) is 13.5. The number of hydrogen-bond acceptors (Lipinski definition) is 13. The Bertz CT molecular complexity index is 1710. The zero-order valence-electron chi connectivity index (χ0n) is 31.5. The topological polar surface area (TPSA) is 244 Å². The lowest BCUT2D eigenvalue weighted by atomic mass is 9.34. The van der Waals surface area contributed by atoms with Gasteiger partial charge in [-0.25, -0.2) is 8.37 Å². The van der Waals surface area contributed by atoms with Crippen LogP contribution in [-0.2, 0) is 43.4 Å². The average molecular weight is 795 g/mol. The van der Waals surface area contributed by atoms with E-state index >= 15 is 0 Å². The second-order valence-electron chi connectivity index (χ2n) is 18.7. The number of aliphatic hydroxyl groups is 4. The monoisotopic (exact) mass is 794 g/mol. The summed E-state index contributed by atoms with van der Waals surface area (Å²) in [7, 11) is -9.76. The van der Waals surface area contributed by atoms with Crippen LogP contribution in [-0.4, -0.2) is 102 Å². The molecule has 13 unspecified atom stereocenters. The van der Waals surface area contributed by atoms with Crippen LogP contribution in [0.2, 0.25) is 0 Å². The second kappa shape index (κ2) is 13.4. The highest BCUT2D eigenvalue weighted by molar-refractivity contribution is 7.81. The summed E-state index contributed by atoms with van der Waals surface area (Å²) in [5.41, 5.74) is -1.14. The van der Waals surface area contributed by atoms with Crippen molar-refractivity contribution < 1.29 is 69.0 Å². The van der Waals surface area contributed by atoms with E-state index in [1.807, 2.05) is 0 Å². The van der Waals surface area contributed by atoms with Crippen LogP contribution in [0.15, 0.2) is 11.1 Å². The van der Waals surface area contributed by atoms with Gasteiger partial charge in [0, 0.05) is 5.41 Å². The molecule has 304 valence electrons. The molecular formula is C36H58O15S2. The van der Waals surface area contributed by atoms with Gasteiger partial charge in [0.1, 0.15) is 24.4 Å². The van der Waals surface area contributed by atoms with Crippen molar-refractivity contribution in [1.29, 1.82) is 0 Å². The molecule has 6 N–H and O–H groups in total. The first-order valence-electron chi connectivity index (χ1n) is 18.8. The summed E-state index contributed by atoms with van der Waals surface area (Å²) in [6.07, 6.45) is -2.38. The third-order valence-electron chi connectivity index (χ3n) is 15.5. The van der Waals surface area contributed by atoms with Gasteiger partial charge < -0.3 is 29.9 Å². The maximum absolute atomic E-state index is 14.5. The van der Waals surface area contributed by atoms with Crippen molar-refractivity contribution in [2.75, 3.05) is 13.2 Å². The average Bonchev–Trinajstić information content (AvgIpc) is 3.04. The van der Waals surface area contributed by atoms with Crippen molar-refractivity contribution in [3.63, 3.8) is 0 Å². The highest BCUT2D eigenvalue weighted by atomic mass is 32.3. The predicted molar refractivity (Wildman–Crippen MR) is 187 cm³/mol. The SMILES string of the molecule is CC1(C)CCC2(C(=O)OC3OC(CO)C(O)C(O)C3O)CCC3(C)C(=C2C1)CCC1C2(C)CCC(OS(=O)(=O)O)C(C)(COS(=O)(=O)O)C2CCC13C. The molecule has 0 amide bonds. The van der Waals surface area contributed by atoms with Gasteiger partial charge in [0.2, 0.25) is 6.29 Å². The van der Waals surface area contributed by atoms with Crippen molar-refractivity contribution in [1.82, 2.24) is 0 Å². The number of esters is 1. The lowest BCUT2D eigenvalue weighted by Gasteiger charge is -2.71. The van der Waals surface area contributed by atoms with E-state index in [9.17, 15) is 51.2 Å². The Kier molecular flexibility index (Phi) is 10.5.